The number of aromatic amines is 1. The van der Waals surface area contributed by atoms with Gasteiger partial charge in [-0.3, -0.25) is 23.7 Å². The van der Waals surface area contributed by atoms with Crippen LogP contribution in [0.2, 0.25) is 0 Å². The highest BCUT2D eigenvalue weighted by Gasteiger charge is 2.36. The third kappa shape index (κ3) is 8.65. The molecule has 204 valence electrons. The molecule has 37 heavy (non-hydrogen) atoms. The molecule has 13 heteroatoms. The highest BCUT2D eigenvalue weighted by molar-refractivity contribution is 7.52. The molecular formula is C24H34N3O9P. The van der Waals surface area contributed by atoms with Crippen LogP contribution in [0.5, 0.6) is 5.75 Å². The van der Waals surface area contributed by atoms with Crippen LogP contribution in [0.25, 0.3) is 0 Å². The molecule has 0 amide bonds. The van der Waals surface area contributed by atoms with Crippen molar-refractivity contribution in [3.8, 4) is 5.75 Å². The van der Waals surface area contributed by atoms with E-state index in [1.54, 1.807) is 37.3 Å². The number of carbonyl (C=O) groups excluding carboxylic acids is 1. The van der Waals surface area contributed by atoms with Crippen molar-refractivity contribution in [1.82, 2.24) is 14.6 Å². The van der Waals surface area contributed by atoms with Crippen molar-refractivity contribution in [3.63, 3.8) is 0 Å². The van der Waals surface area contributed by atoms with Crippen LogP contribution in [0.3, 0.4) is 0 Å². The minimum absolute atomic E-state index is 0.00253. The summed E-state index contributed by atoms with van der Waals surface area (Å²) in [7, 11) is -4.10. The molecule has 1 unspecified atom stereocenters. The Hall–Kier alpha value is -2.76. The molecule has 0 spiro atoms. The molecule has 0 saturated carbocycles. The van der Waals surface area contributed by atoms with E-state index in [2.05, 4.69) is 17.0 Å². The van der Waals surface area contributed by atoms with E-state index in [4.69, 9.17) is 23.3 Å². The highest BCUT2D eigenvalue weighted by atomic mass is 31.2. The molecule has 0 radical (unpaired) electrons. The first-order valence-corrected chi connectivity index (χ1v) is 13.8. The maximum atomic E-state index is 13.6. The highest BCUT2D eigenvalue weighted by Crippen LogP contribution is 2.45. The van der Waals surface area contributed by atoms with Gasteiger partial charge in [-0.25, -0.2) is 9.36 Å². The number of aromatic nitrogens is 2. The van der Waals surface area contributed by atoms with Gasteiger partial charge in [0, 0.05) is 11.8 Å². The van der Waals surface area contributed by atoms with Gasteiger partial charge in [0.05, 0.1) is 13.2 Å². The number of para-hydroxylation sites is 1. The lowest BCUT2D eigenvalue weighted by molar-refractivity contribution is -0.145. The minimum Gasteiger partial charge on any atom is -0.465 e. The van der Waals surface area contributed by atoms with Crippen LogP contribution in [0, 0.1) is 6.92 Å². The van der Waals surface area contributed by atoms with Crippen LogP contribution in [0.4, 0.5) is 0 Å². The molecule has 1 aromatic carbocycles. The van der Waals surface area contributed by atoms with Gasteiger partial charge in [0.25, 0.3) is 5.56 Å². The zero-order chi connectivity index (χ0) is 26.8. The summed E-state index contributed by atoms with van der Waals surface area (Å²) in [4.78, 5) is 38.4. The van der Waals surface area contributed by atoms with Crippen LogP contribution in [0.1, 0.15) is 51.3 Å². The van der Waals surface area contributed by atoms with Gasteiger partial charge in [0.1, 0.15) is 18.4 Å². The van der Waals surface area contributed by atoms with Gasteiger partial charge in [-0.05, 0) is 32.4 Å². The van der Waals surface area contributed by atoms with Crippen molar-refractivity contribution in [2.75, 3.05) is 19.8 Å². The number of hydrogen-bond donors (Lipinski definition) is 2. The summed E-state index contributed by atoms with van der Waals surface area (Å²) in [6.07, 6.45) is 3.40. The van der Waals surface area contributed by atoms with Crippen LogP contribution < -0.4 is 20.9 Å². The van der Waals surface area contributed by atoms with E-state index in [9.17, 15) is 18.9 Å². The molecule has 1 fully saturated rings. The third-order valence-electron chi connectivity index (χ3n) is 5.49. The normalized spacial score (nSPS) is 19.8. The second kappa shape index (κ2) is 13.7. The van der Waals surface area contributed by atoms with Crippen LogP contribution in [0.15, 0.2) is 46.1 Å². The number of carbonyl (C=O) groups is 1. The molecule has 1 aromatic heterocycles. The fourth-order valence-corrected chi connectivity index (χ4v) is 4.94. The number of ether oxygens (including phenoxy) is 3. The predicted molar refractivity (Wildman–Crippen MR) is 134 cm³/mol. The molecule has 2 N–H and O–H groups in total. The van der Waals surface area contributed by atoms with Crippen molar-refractivity contribution in [1.29, 1.82) is 0 Å². The monoisotopic (exact) mass is 539 g/mol. The lowest BCUT2D eigenvalue weighted by Gasteiger charge is -2.24. The number of nitrogens with zero attached hydrogens (tertiary/aromatic N) is 1. The Morgan fingerprint density at radius 1 is 1.24 bits per heavy atom. The number of unbranched alkanes of at least 4 members (excludes halogenated alkanes) is 3. The molecule has 1 aliphatic heterocycles. The van der Waals surface area contributed by atoms with Crippen molar-refractivity contribution in [2.45, 2.75) is 65.0 Å². The number of benzene rings is 1. The summed E-state index contributed by atoms with van der Waals surface area (Å²) in [5.74, 6) is -0.321. The molecule has 0 bridgehead atoms. The first-order valence-electron chi connectivity index (χ1n) is 12.2. The number of hydrogen-bond acceptors (Lipinski definition) is 9. The molecule has 2 aromatic rings. The fraction of sp³-hybridized carbons (Fsp3) is 0.542. The molecule has 12 nitrogen and oxygen atoms in total. The fourth-order valence-electron chi connectivity index (χ4n) is 3.46. The van der Waals surface area contributed by atoms with E-state index in [0.717, 1.165) is 25.7 Å². The Balaban J connectivity index is 1.62. The quantitative estimate of drug-likeness (QED) is 0.209. The zero-order valence-electron chi connectivity index (χ0n) is 21.2. The zero-order valence-corrected chi connectivity index (χ0v) is 22.1. The van der Waals surface area contributed by atoms with Crippen molar-refractivity contribution < 1.29 is 32.6 Å². The lowest BCUT2D eigenvalue weighted by atomic mass is 10.2. The van der Waals surface area contributed by atoms with Gasteiger partial charge >= 0.3 is 19.4 Å². The van der Waals surface area contributed by atoms with E-state index in [0.29, 0.717) is 5.56 Å². The summed E-state index contributed by atoms with van der Waals surface area (Å²) < 4.78 is 42.5. The number of esters is 1. The number of H-pyrrole nitrogens is 1. The van der Waals surface area contributed by atoms with Gasteiger partial charge in [-0.2, -0.15) is 5.09 Å². The first kappa shape index (κ1) is 28.8. The molecular weight excluding hydrogens is 505 g/mol. The van der Waals surface area contributed by atoms with E-state index in [1.165, 1.54) is 17.7 Å². The smallest absolute Gasteiger partial charge is 0.459 e. The van der Waals surface area contributed by atoms with E-state index >= 15 is 0 Å². The second-order valence-electron chi connectivity index (χ2n) is 8.61. The summed E-state index contributed by atoms with van der Waals surface area (Å²) >= 11 is 0. The van der Waals surface area contributed by atoms with E-state index in [-0.39, 0.29) is 25.6 Å². The Morgan fingerprint density at radius 2 is 2.00 bits per heavy atom. The maximum Gasteiger partial charge on any atom is 0.459 e. The SMILES string of the molecule is CCCCCCOC(=O)[C@H](C)NP(=O)(OC[C@@H]1OC[C@H](n2cc(C)c(=O)[nH]c2=O)O1)Oc1ccccc1. The number of aryl methyl sites for hydroxylation is 1. The van der Waals surface area contributed by atoms with Gasteiger partial charge in [-0.15, -0.1) is 0 Å². The van der Waals surface area contributed by atoms with Crippen molar-refractivity contribution in [2.24, 2.45) is 0 Å². The molecule has 3 rings (SSSR count). The lowest BCUT2D eigenvalue weighted by Crippen LogP contribution is -2.36. The van der Waals surface area contributed by atoms with Crippen LogP contribution in [-0.2, 0) is 28.1 Å². The first-order chi connectivity index (χ1) is 17.7. The Labute approximate surface area is 214 Å². The van der Waals surface area contributed by atoms with Gasteiger partial charge in [0.15, 0.2) is 12.5 Å². The average molecular weight is 540 g/mol. The number of rotatable bonds is 14. The third-order valence-corrected chi connectivity index (χ3v) is 7.13. The summed E-state index contributed by atoms with van der Waals surface area (Å²) in [5.41, 5.74) is -0.801. The molecule has 2 heterocycles. The molecule has 0 aliphatic carbocycles. The molecule has 1 saturated heterocycles. The number of nitrogens with one attached hydrogen (secondary N) is 2. The topological polar surface area (TPSA) is 147 Å². The summed E-state index contributed by atoms with van der Waals surface area (Å²) in [5, 5.41) is 2.61. The standard InChI is InChI=1S/C24H34N3O9P/c1-4-5-6-10-13-32-23(29)18(3)26-37(31,36-19-11-8-7-9-12-19)34-16-21-33-15-20(35-21)27-14-17(2)22(28)25-24(27)30/h7-9,11-12,14,18,20-21H,4-6,10,13,15-16H2,1-3H3,(H,26,31)(H,25,28,30)/t18-,20+,21+,37?/m0/s1. The van der Waals surface area contributed by atoms with Gasteiger partial charge in [-0.1, -0.05) is 44.4 Å². The van der Waals surface area contributed by atoms with Crippen LogP contribution >= 0.6 is 7.75 Å². The van der Waals surface area contributed by atoms with E-state index < -0.39 is 43.5 Å². The second-order valence-corrected chi connectivity index (χ2v) is 10.3. The summed E-state index contributed by atoms with van der Waals surface area (Å²) in [6, 6.07) is 7.37. The van der Waals surface area contributed by atoms with Crippen molar-refractivity contribution in [3.05, 3.63) is 62.9 Å². The molecule has 4 atom stereocenters. The van der Waals surface area contributed by atoms with Gasteiger partial charge in [0.2, 0.25) is 0 Å². The predicted octanol–water partition coefficient (Wildman–Crippen LogP) is 3.02. The molecule has 1 aliphatic rings. The average Bonchev–Trinajstić information content (AvgIpc) is 3.34. The maximum absolute atomic E-state index is 13.6. The van der Waals surface area contributed by atoms with E-state index in [1.807, 2.05) is 0 Å². The van der Waals surface area contributed by atoms with Crippen LogP contribution in [-0.4, -0.2) is 47.7 Å². The Morgan fingerprint density at radius 3 is 2.73 bits per heavy atom. The summed E-state index contributed by atoms with van der Waals surface area (Å²) in [6.45, 7) is 5.09. The minimum atomic E-state index is -4.10. The largest absolute Gasteiger partial charge is 0.465 e. The Bertz CT molecular complexity index is 1180. The Kier molecular flexibility index (Phi) is 10.7. The van der Waals surface area contributed by atoms with Crippen molar-refractivity contribution >= 4 is 13.7 Å². The van der Waals surface area contributed by atoms with Gasteiger partial charge < -0.3 is 18.7 Å².